The molecule has 0 radical (unpaired) electrons. The van der Waals surface area contributed by atoms with E-state index in [4.69, 9.17) is 5.73 Å². The summed E-state index contributed by atoms with van der Waals surface area (Å²) in [6, 6.07) is 17.2. The summed E-state index contributed by atoms with van der Waals surface area (Å²) >= 11 is 3.41. The molecule has 0 fully saturated rings. The van der Waals surface area contributed by atoms with Crippen LogP contribution in [0.2, 0.25) is 0 Å². The first-order valence-corrected chi connectivity index (χ1v) is 7.16. The summed E-state index contributed by atoms with van der Waals surface area (Å²) in [5, 5.41) is 2.88. The number of nitrogens with two attached hydrogens (primary N) is 1. The number of carbonyl (C=O) groups excluding carboxylic acids is 1. The van der Waals surface area contributed by atoms with Crippen molar-refractivity contribution in [3.8, 4) is 0 Å². The molecule has 2 aromatic rings. The van der Waals surface area contributed by atoms with E-state index >= 15 is 0 Å². The van der Waals surface area contributed by atoms with E-state index in [0.717, 1.165) is 15.6 Å². The van der Waals surface area contributed by atoms with Crippen LogP contribution in [0, 0.1) is 0 Å². The molecule has 3 nitrogen and oxygen atoms in total. The Kier molecular flexibility index (Phi) is 4.57. The molecule has 0 heterocycles. The van der Waals surface area contributed by atoms with Crippen molar-refractivity contribution >= 4 is 21.8 Å². The van der Waals surface area contributed by atoms with Gasteiger partial charge in [-0.25, -0.2) is 0 Å². The fourth-order valence-corrected chi connectivity index (χ4v) is 2.38. The van der Waals surface area contributed by atoms with Crippen LogP contribution in [0.25, 0.3) is 0 Å². The Balaban J connectivity index is 2.05. The number of hydrogen-bond acceptors (Lipinski definition) is 2. The van der Waals surface area contributed by atoms with Gasteiger partial charge in [-0.1, -0.05) is 58.4 Å². The van der Waals surface area contributed by atoms with Crippen LogP contribution in [0.3, 0.4) is 0 Å². The molecule has 0 aliphatic rings. The highest BCUT2D eigenvalue weighted by Crippen LogP contribution is 2.18. The van der Waals surface area contributed by atoms with Crippen LogP contribution in [0.1, 0.15) is 18.1 Å². The minimum atomic E-state index is -1.03. The molecule has 2 aromatic carbocycles. The molecule has 0 aliphatic carbocycles. The van der Waals surface area contributed by atoms with E-state index in [2.05, 4.69) is 21.2 Å². The highest BCUT2D eigenvalue weighted by molar-refractivity contribution is 9.10. The van der Waals surface area contributed by atoms with Gasteiger partial charge >= 0.3 is 0 Å². The van der Waals surface area contributed by atoms with Crippen LogP contribution in [0.5, 0.6) is 0 Å². The molecule has 0 saturated heterocycles. The lowest BCUT2D eigenvalue weighted by Gasteiger charge is -2.24. The summed E-state index contributed by atoms with van der Waals surface area (Å²) < 4.78 is 0.989. The van der Waals surface area contributed by atoms with Gasteiger partial charge in [-0.3, -0.25) is 4.79 Å². The molecule has 20 heavy (non-hydrogen) atoms. The fraction of sp³-hybridized carbons (Fsp3) is 0.188. The van der Waals surface area contributed by atoms with E-state index in [-0.39, 0.29) is 5.91 Å². The van der Waals surface area contributed by atoms with E-state index in [0.29, 0.717) is 6.54 Å². The Hall–Kier alpha value is -1.65. The SMILES string of the molecule is CC(N)(C(=O)NCc1cccc(Br)c1)c1ccccc1. The lowest BCUT2D eigenvalue weighted by Crippen LogP contribution is -2.48. The molecular weight excluding hydrogens is 316 g/mol. The van der Waals surface area contributed by atoms with Gasteiger partial charge in [0.15, 0.2) is 0 Å². The summed E-state index contributed by atoms with van der Waals surface area (Å²) in [5.74, 6) is -0.191. The first-order valence-electron chi connectivity index (χ1n) is 6.37. The largest absolute Gasteiger partial charge is 0.350 e. The molecule has 0 aliphatic heterocycles. The molecule has 0 spiro atoms. The van der Waals surface area contributed by atoms with Crippen molar-refractivity contribution in [2.24, 2.45) is 5.73 Å². The summed E-state index contributed by atoms with van der Waals surface area (Å²) in [4.78, 5) is 12.3. The van der Waals surface area contributed by atoms with E-state index in [1.54, 1.807) is 6.92 Å². The average Bonchev–Trinajstić information content (AvgIpc) is 2.45. The van der Waals surface area contributed by atoms with Crippen LogP contribution >= 0.6 is 15.9 Å². The lowest BCUT2D eigenvalue weighted by molar-refractivity contribution is -0.126. The van der Waals surface area contributed by atoms with E-state index in [1.165, 1.54) is 0 Å². The number of halogens is 1. The predicted octanol–water partition coefficient (Wildman–Crippen LogP) is 2.94. The maximum atomic E-state index is 12.3. The van der Waals surface area contributed by atoms with E-state index in [1.807, 2.05) is 54.6 Å². The second kappa shape index (κ2) is 6.20. The molecule has 0 saturated carbocycles. The third-order valence-corrected chi connectivity index (χ3v) is 3.68. The van der Waals surface area contributed by atoms with Crippen molar-refractivity contribution in [3.63, 3.8) is 0 Å². The summed E-state index contributed by atoms with van der Waals surface area (Å²) in [5.41, 5.74) is 6.94. The standard InChI is InChI=1S/C16H17BrN2O/c1-16(18,13-7-3-2-4-8-13)15(20)19-11-12-6-5-9-14(17)10-12/h2-10H,11,18H2,1H3,(H,19,20). The smallest absolute Gasteiger partial charge is 0.244 e. The topological polar surface area (TPSA) is 55.1 Å². The Bertz CT molecular complexity index is 596. The highest BCUT2D eigenvalue weighted by atomic mass is 79.9. The molecule has 0 aromatic heterocycles. The van der Waals surface area contributed by atoms with Crippen LogP contribution in [0.15, 0.2) is 59.1 Å². The molecule has 0 bridgehead atoms. The van der Waals surface area contributed by atoms with Gasteiger partial charge in [-0.05, 0) is 30.2 Å². The third kappa shape index (κ3) is 3.46. The zero-order chi connectivity index (χ0) is 14.6. The average molecular weight is 333 g/mol. The Labute approximate surface area is 127 Å². The second-order valence-electron chi connectivity index (χ2n) is 4.88. The summed E-state index contributed by atoms with van der Waals surface area (Å²) in [6.07, 6.45) is 0. The van der Waals surface area contributed by atoms with Gasteiger partial charge in [0, 0.05) is 11.0 Å². The van der Waals surface area contributed by atoms with Crippen molar-refractivity contribution in [1.29, 1.82) is 0 Å². The summed E-state index contributed by atoms with van der Waals surface area (Å²) in [7, 11) is 0. The molecule has 1 amide bonds. The maximum absolute atomic E-state index is 12.3. The summed E-state index contributed by atoms with van der Waals surface area (Å²) in [6.45, 7) is 2.18. The molecule has 1 atom stereocenters. The Morgan fingerprint density at radius 1 is 1.20 bits per heavy atom. The number of rotatable bonds is 4. The van der Waals surface area contributed by atoms with E-state index in [9.17, 15) is 4.79 Å². The van der Waals surface area contributed by atoms with Gasteiger partial charge in [0.1, 0.15) is 5.54 Å². The van der Waals surface area contributed by atoms with Crippen molar-refractivity contribution in [2.75, 3.05) is 0 Å². The van der Waals surface area contributed by atoms with Gasteiger partial charge in [0.25, 0.3) is 0 Å². The number of benzene rings is 2. The fourth-order valence-electron chi connectivity index (χ4n) is 1.93. The first-order chi connectivity index (χ1) is 9.50. The molecule has 1 unspecified atom stereocenters. The molecular formula is C16H17BrN2O. The van der Waals surface area contributed by atoms with Crippen molar-refractivity contribution in [1.82, 2.24) is 5.32 Å². The van der Waals surface area contributed by atoms with Crippen molar-refractivity contribution < 1.29 is 4.79 Å². The number of amides is 1. The minimum absolute atomic E-state index is 0.191. The predicted molar refractivity (Wildman–Crippen MR) is 84.0 cm³/mol. The van der Waals surface area contributed by atoms with Gasteiger partial charge in [-0.15, -0.1) is 0 Å². The highest BCUT2D eigenvalue weighted by Gasteiger charge is 2.29. The zero-order valence-corrected chi connectivity index (χ0v) is 12.9. The molecule has 3 N–H and O–H groups in total. The first kappa shape index (κ1) is 14.8. The zero-order valence-electron chi connectivity index (χ0n) is 11.3. The quantitative estimate of drug-likeness (QED) is 0.904. The Morgan fingerprint density at radius 3 is 2.55 bits per heavy atom. The number of carbonyl (C=O) groups is 1. The van der Waals surface area contributed by atoms with Crippen LogP contribution in [-0.2, 0) is 16.9 Å². The molecule has 2 rings (SSSR count). The minimum Gasteiger partial charge on any atom is -0.350 e. The van der Waals surface area contributed by atoms with Gasteiger partial charge in [0.05, 0.1) is 0 Å². The van der Waals surface area contributed by atoms with Crippen LogP contribution < -0.4 is 11.1 Å². The van der Waals surface area contributed by atoms with Gasteiger partial charge < -0.3 is 11.1 Å². The van der Waals surface area contributed by atoms with Crippen molar-refractivity contribution in [3.05, 3.63) is 70.2 Å². The maximum Gasteiger partial charge on any atom is 0.244 e. The molecule has 104 valence electrons. The Morgan fingerprint density at radius 2 is 1.90 bits per heavy atom. The van der Waals surface area contributed by atoms with Crippen molar-refractivity contribution in [2.45, 2.75) is 19.0 Å². The lowest BCUT2D eigenvalue weighted by atomic mass is 9.92. The van der Waals surface area contributed by atoms with Crippen LogP contribution in [0.4, 0.5) is 0 Å². The van der Waals surface area contributed by atoms with Gasteiger partial charge in [0.2, 0.25) is 5.91 Å². The number of nitrogens with one attached hydrogen (secondary N) is 1. The normalized spacial score (nSPS) is 13.6. The second-order valence-corrected chi connectivity index (χ2v) is 5.80. The van der Waals surface area contributed by atoms with E-state index < -0.39 is 5.54 Å². The van der Waals surface area contributed by atoms with Gasteiger partial charge in [-0.2, -0.15) is 0 Å². The monoisotopic (exact) mass is 332 g/mol. The number of hydrogen-bond donors (Lipinski definition) is 2. The third-order valence-electron chi connectivity index (χ3n) is 3.19. The molecule has 4 heteroatoms. The van der Waals surface area contributed by atoms with Crippen LogP contribution in [-0.4, -0.2) is 5.91 Å².